The molecule has 6 rings (SSSR count). The molecule has 3 heterocycles. The third kappa shape index (κ3) is 5.21. The molecule has 3 saturated carbocycles. The molecule has 7 unspecified atom stereocenters. The van der Waals surface area contributed by atoms with Crippen molar-refractivity contribution in [1.82, 2.24) is 4.90 Å². The normalized spacial score (nSPS) is 41.3. The molecule has 0 aromatic heterocycles. The van der Waals surface area contributed by atoms with E-state index < -0.39 is 0 Å². The van der Waals surface area contributed by atoms with Gasteiger partial charge in [0.25, 0.3) is 0 Å². The number of amides is 1. The minimum Gasteiger partial charge on any atom is -0.403 e. The van der Waals surface area contributed by atoms with Crippen LogP contribution in [-0.2, 0) is 18.8 Å². The number of nitrogens with zero attached hydrogens (tertiary/aromatic N) is 2. The molecule has 1 spiro atoms. The minimum absolute atomic E-state index is 0.0899. The molecule has 3 aliphatic carbocycles. The number of fused-ring (bicyclic) bond motifs is 2. The molecule has 216 valence electrons. The molecule has 39 heavy (non-hydrogen) atoms. The molecule has 0 bridgehead atoms. The van der Waals surface area contributed by atoms with Crippen molar-refractivity contribution in [3.63, 3.8) is 0 Å². The van der Waals surface area contributed by atoms with Crippen LogP contribution in [0.1, 0.15) is 111 Å². The van der Waals surface area contributed by atoms with Gasteiger partial charge in [-0.2, -0.15) is 0 Å². The topological polar surface area (TPSA) is 52.4 Å². The molecular formula is C32H51BN2O4. The van der Waals surface area contributed by atoms with Crippen LogP contribution >= 0.6 is 0 Å². The molecule has 0 aromatic rings. The van der Waals surface area contributed by atoms with Crippen LogP contribution in [0.2, 0.25) is 5.82 Å². The number of ether oxygens (including phenoxy) is 1. The number of carbonyl (C=O) groups is 1. The van der Waals surface area contributed by atoms with Crippen molar-refractivity contribution in [1.29, 1.82) is 0 Å². The van der Waals surface area contributed by atoms with Crippen molar-refractivity contribution in [3.8, 4) is 0 Å². The van der Waals surface area contributed by atoms with Crippen LogP contribution in [0.4, 0.5) is 0 Å². The van der Waals surface area contributed by atoms with E-state index in [1.165, 1.54) is 38.5 Å². The second-order valence-electron chi connectivity index (χ2n) is 15.2. The molecular weight excluding hydrogens is 487 g/mol. The third-order valence-corrected chi connectivity index (χ3v) is 12.5. The molecule has 3 aliphatic heterocycles. The minimum atomic E-state index is -0.263. The van der Waals surface area contributed by atoms with Gasteiger partial charge in [-0.3, -0.25) is 4.79 Å². The highest BCUT2D eigenvalue weighted by molar-refractivity contribution is 6.47. The quantitative estimate of drug-likeness (QED) is 0.303. The summed E-state index contributed by atoms with van der Waals surface area (Å²) in [7, 11) is -0.0899. The van der Waals surface area contributed by atoms with Gasteiger partial charge in [0.1, 0.15) is 0 Å². The van der Waals surface area contributed by atoms with E-state index in [9.17, 15) is 4.79 Å². The van der Waals surface area contributed by atoms with Gasteiger partial charge in [-0.15, -0.1) is 0 Å². The van der Waals surface area contributed by atoms with Crippen LogP contribution in [0, 0.1) is 35.7 Å². The first kappa shape index (κ1) is 28.0. The smallest absolute Gasteiger partial charge is 0.403 e. The zero-order chi connectivity index (χ0) is 27.4. The summed E-state index contributed by atoms with van der Waals surface area (Å²) in [6.07, 6.45) is 15.0. The molecule has 0 radical (unpaired) electrons. The SMILES string of the molecule is [C-]#[N+]C1CCC2OCC3(CCN(C(=O)C4CCCC(C5CCCC(B6OC(C)(C)C(C)(C)O6)C5)C4)CC3)C2C1. The summed E-state index contributed by atoms with van der Waals surface area (Å²) >= 11 is 0. The van der Waals surface area contributed by atoms with Crippen molar-refractivity contribution in [2.24, 2.45) is 29.1 Å². The maximum absolute atomic E-state index is 13.8. The van der Waals surface area contributed by atoms with Crippen molar-refractivity contribution >= 4 is 13.0 Å². The molecule has 7 atom stereocenters. The van der Waals surface area contributed by atoms with E-state index in [1.54, 1.807) is 0 Å². The second-order valence-corrected chi connectivity index (χ2v) is 15.2. The molecule has 0 N–H and O–H groups in total. The summed E-state index contributed by atoms with van der Waals surface area (Å²) in [6, 6.07) is 0.174. The molecule has 7 heteroatoms. The van der Waals surface area contributed by atoms with Crippen LogP contribution in [0.25, 0.3) is 4.85 Å². The van der Waals surface area contributed by atoms with Gasteiger partial charge in [-0.1, -0.05) is 32.1 Å². The van der Waals surface area contributed by atoms with Crippen LogP contribution in [0.3, 0.4) is 0 Å². The maximum atomic E-state index is 13.8. The van der Waals surface area contributed by atoms with Crippen molar-refractivity contribution in [2.45, 2.75) is 140 Å². The standard InChI is InChI=1S/C32H51BN2O4/c1-30(2)31(3,4)39-33(38-30)25-11-7-9-23(19-25)22-8-6-10-24(18-22)29(36)35-16-14-32(15-17-35)21-37-28-13-12-26(34-5)20-27(28)32/h22-28H,6-21H2,1-4H3. The van der Waals surface area contributed by atoms with Gasteiger partial charge in [-0.25, -0.2) is 6.57 Å². The van der Waals surface area contributed by atoms with Gasteiger partial charge in [0, 0.05) is 43.2 Å². The van der Waals surface area contributed by atoms with E-state index in [4.69, 9.17) is 20.6 Å². The number of piperidine rings is 1. The average molecular weight is 539 g/mol. The number of likely N-dealkylation sites (tertiary alicyclic amines) is 1. The van der Waals surface area contributed by atoms with Gasteiger partial charge in [0.05, 0.1) is 23.9 Å². The van der Waals surface area contributed by atoms with E-state index in [2.05, 4.69) is 37.4 Å². The number of hydrogen-bond acceptors (Lipinski definition) is 4. The molecule has 3 saturated heterocycles. The predicted octanol–water partition coefficient (Wildman–Crippen LogP) is 6.54. The number of rotatable bonds is 3. The monoisotopic (exact) mass is 538 g/mol. The van der Waals surface area contributed by atoms with Crippen molar-refractivity contribution < 1.29 is 18.8 Å². The van der Waals surface area contributed by atoms with E-state index in [-0.39, 0.29) is 35.7 Å². The largest absolute Gasteiger partial charge is 0.461 e. The summed E-state index contributed by atoms with van der Waals surface area (Å²) in [5.74, 6) is 2.96. The number of carbonyl (C=O) groups excluding carboxylic acids is 1. The van der Waals surface area contributed by atoms with Gasteiger partial charge >= 0.3 is 7.12 Å². The van der Waals surface area contributed by atoms with E-state index >= 15 is 0 Å². The molecule has 6 nitrogen and oxygen atoms in total. The fourth-order valence-corrected chi connectivity index (χ4v) is 9.31. The second kappa shape index (κ2) is 10.6. The Balaban J connectivity index is 1.03. The highest BCUT2D eigenvalue weighted by atomic mass is 16.7. The molecule has 6 fully saturated rings. The average Bonchev–Trinajstić information content (AvgIpc) is 3.40. The van der Waals surface area contributed by atoms with E-state index in [0.717, 1.165) is 64.6 Å². The lowest BCUT2D eigenvalue weighted by Crippen LogP contribution is -2.49. The van der Waals surface area contributed by atoms with Crippen LogP contribution < -0.4 is 0 Å². The summed E-state index contributed by atoms with van der Waals surface area (Å²) in [6.45, 7) is 18.8. The lowest BCUT2D eigenvalue weighted by Gasteiger charge is -2.45. The lowest BCUT2D eigenvalue weighted by atomic mass is 9.58. The Kier molecular flexibility index (Phi) is 7.64. The summed E-state index contributed by atoms with van der Waals surface area (Å²) in [5.41, 5.74) is -0.327. The van der Waals surface area contributed by atoms with Crippen molar-refractivity contribution in [3.05, 3.63) is 11.4 Å². The Hall–Kier alpha value is -1.10. The zero-order valence-corrected chi connectivity index (χ0v) is 25.0. The van der Waals surface area contributed by atoms with Gasteiger partial charge in [0.2, 0.25) is 11.9 Å². The molecule has 6 aliphatic rings. The van der Waals surface area contributed by atoms with Gasteiger partial charge < -0.3 is 23.8 Å². The van der Waals surface area contributed by atoms with E-state index in [1.807, 2.05) is 0 Å². The Morgan fingerprint density at radius 2 is 1.54 bits per heavy atom. The van der Waals surface area contributed by atoms with Crippen LogP contribution in [0.5, 0.6) is 0 Å². The molecule has 1 amide bonds. The summed E-state index contributed by atoms with van der Waals surface area (Å²) in [5, 5.41) is 0. The lowest BCUT2D eigenvalue weighted by molar-refractivity contribution is -0.140. The van der Waals surface area contributed by atoms with Crippen LogP contribution in [-0.4, -0.2) is 61.0 Å². The summed E-state index contributed by atoms with van der Waals surface area (Å²) in [4.78, 5) is 19.9. The predicted molar refractivity (Wildman–Crippen MR) is 153 cm³/mol. The Labute approximate surface area is 237 Å². The summed E-state index contributed by atoms with van der Waals surface area (Å²) < 4.78 is 19.2. The first-order valence-electron chi connectivity index (χ1n) is 16.2. The van der Waals surface area contributed by atoms with E-state index in [0.29, 0.717) is 35.6 Å². The van der Waals surface area contributed by atoms with Gasteiger partial charge in [-0.05, 0) is 83.9 Å². The highest BCUT2D eigenvalue weighted by Crippen LogP contribution is 2.53. The number of hydrogen-bond donors (Lipinski definition) is 0. The van der Waals surface area contributed by atoms with Gasteiger partial charge in [0.15, 0.2) is 0 Å². The van der Waals surface area contributed by atoms with Crippen LogP contribution in [0.15, 0.2) is 0 Å². The molecule has 0 aromatic carbocycles. The first-order chi connectivity index (χ1) is 18.6. The van der Waals surface area contributed by atoms with Crippen molar-refractivity contribution in [2.75, 3.05) is 19.7 Å². The Morgan fingerprint density at radius 3 is 2.23 bits per heavy atom. The highest BCUT2D eigenvalue weighted by Gasteiger charge is 2.56. The zero-order valence-electron chi connectivity index (χ0n) is 25.0. The first-order valence-corrected chi connectivity index (χ1v) is 16.2. The third-order valence-electron chi connectivity index (χ3n) is 12.5. The maximum Gasteiger partial charge on any atom is 0.461 e. The fraction of sp³-hybridized carbons (Fsp3) is 0.938. The fourth-order valence-electron chi connectivity index (χ4n) is 9.31. The Bertz CT molecular complexity index is 938. The Morgan fingerprint density at radius 1 is 0.872 bits per heavy atom.